The predicted octanol–water partition coefficient (Wildman–Crippen LogP) is 2.81. The van der Waals surface area contributed by atoms with E-state index < -0.39 is 16.1 Å². The number of aliphatic hydroxyl groups is 1. The van der Waals surface area contributed by atoms with Crippen LogP contribution in [0.15, 0.2) is 52.0 Å². The summed E-state index contributed by atoms with van der Waals surface area (Å²) in [5.41, 5.74) is 1.11. The average Bonchev–Trinajstić information content (AvgIpc) is 3.06. The highest BCUT2D eigenvalue weighted by molar-refractivity contribution is 7.89. The van der Waals surface area contributed by atoms with Gasteiger partial charge in [0.2, 0.25) is 10.0 Å². The molecule has 22 heavy (non-hydrogen) atoms. The van der Waals surface area contributed by atoms with Crippen molar-refractivity contribution in [1.82, 2.24) is 4.72 Å². The minimum absolute atomic E-state index is 0.136. The van der Waals surface area contributed by atoms with E-state index in [1.807, 2.05) is 12.1 Å². The maximum atomic E-state index is 12.2. The first-order valence-electron chi connectivity index (χ1n) is 7.25. The third-order valence-corrected chi connectivity index (χ3v) is 5.15. The summed E-state index contributed by atoms with van der Waals surface area (Å²) in [6.45, 7) is 4.05. The first kappa shape index (κ1) is 16.7. The molecule has 2 rings (SSSR count). The quantitative estimate of drug-likeness (QED) is 0.821. The molecule has 6 heteroatoms. The van der Waals surface area contributed by atoms with Crippen LogP contribution in [0.3, 0.4) is 0 Å². The Bertz CT molecular complexity index is 677. The summed E-state index contributed by atoms with van der Waals surface area (Å²) in [6.07, 6.45) is 1.42. The molecule has 0 aliphatic rings. The van der Waals surface area contributed by atoms with Crippen LogP contribution in [-0.4, -0.2) is 20.1 Å². The van der Waals surface area contributed by atoms with Crippen molar-refractivity contribution in [2.24, 2.45) is 0 Å². The highest BCUT2D eigenvalue weighted by atomic mass is 32.2. The minimum Gasteiger partial charge on any atom is -0.467 e. The van der Waals surface area contributed by atoms with Gasteiger partial charge in [-0.1, -0.05) is 26.0 Å². The Balaban J connectivity index is 2.04. The second-order valence-corrected chi connectivity index (χ2v) is 7.03. The summed E-state index contributed by atoms with van der Waals surface area (Å²) in [5, 5.41) is 9.85. The van der Waals surface area contributed by atoms with Crippen LogP contribution in [0.5, 0.6) is 0 Å². The lowest BCUT2D eigenvalue weighted by molar-refractivity contribution is 0.154. The van der Waals surface area contributed by atoms with Crippen LogP contribution in [-0.2, 0) is 10.0 Å². The van der Waals surface area contributed by atoms with Gasteiger partial charge in [-0.25, -0.2) is 13.1 Å². The molecule has 0 spiro atoms. The maximum absolute atomic E-state index is 12.2. The molecule has 1 aromatic carbocycles. The maximum Gasteiger partial charge on any atom is 0.240 e. The molecule has 2 unspecified atom stereocenters. The van der Waals surface area contributed by atoms with E-state index in [1.165, 1.54) is 6.26 Å². The molecule has 2 aromatic rings. The van der Waals surface area contributed by atoms with Gasteiger partial charge in [0.15, 0.2) is 0 Å². The van der Waals surface area contributed by atoms with Gasteiger partial charge in [-0.15, -0.1) is 0 Å². The molecule has 0 amide bonds. The first-order chi connectivity index (χ1) is 10.4. The van der Waals surface area contributed by atoms with Crippen molar-refractivity contribution in [3.05, 3.63) is 54.0 Å². The molecule has 1 heterocycles. The molecular formula is C16H21NO4S. The second kappa shape index (κ2) is 7.09. The van der Waals surface area contributed by atoms with E-state index >= 15 is 0 Å². The molecule has 0 aliphatic heterocycles. The van der Waals surface area contributed by atoms with E-state index in [1.54, 1.807) is 24.3 Å². The zero-order valence-electron chi connectivity index (χ0n) is 12.7. The van der Waals surface area contributed by atoms with Gasteiger partial charge in [0.1, 0.15) is 11.9 Å². The van der Waals surface area contributed by atoms with Gasteiger partial charge in [0.05, 0.1) is 11.2 Å². The van der Waals surface area contributed by atoms with Crippen LogP contribution in [0.1, 0.15) is 43.6 Å². The van der Waals surface area contributed by atoms with E-state index in [4.69, 9.17) is 4.42 Å². The predicted molar refractivity (Wildman–Crippen MR) is 84.0 cm³/mol. The smallest absolute Gasteiger partial charge is 0.240 e. The van der Waals surface area contributed by atoms with Crippen LogP contribution < -0.4 is 4.72 Å². The Morgan fingerprint density at radius 3 is 2.45 bits per heavy atom. The topological polar surface area (TPSA) is 79.5 Å². The van der Waals surface area contributed by atoms with Crippen LogP contribution in [0.25, 0.3) is 0 Å². The molecule has 2 atom stereocenters. The van der Waals surface area contributed by atoms with Crippen LogP contribution in [0, 0.1) is 0 Å². The summed E-state index contributed by atoms with van der Waals surface area (Å²) in [5.74, 6) is 0.723. The van der Waals surface area contributed by atoms with Crippen molar-refractivity contribution < 1.29 is 17.9 Å². The van der Waals surface area contributed by atoms with Crippen molar-refractivity contribution in [2.45, 2.75) is 37.2 Å². The Hall–Kier alpha value is -1.63. The van der Waals surface area contributed by atoms with Crippen molar-refractivity contribution in [2.75, 3.05) is 6.54 Å². The van der Waals surface area contributed by atoms with Crippen LogP contribution >= 0.6 is 0 Å². The third kappa shape index (κ3) is 3.97. The summed E-state index contributed by atoms with van der Waals surface area (Å²) in [6, 6.07) is 10.1. The fourth-order valence-electron chi connectivity index (χ4n) is 2.06. The number of furan rings is 1. The second-order valence-electron chi connectivity index (χ2n) is 5.26. The zero-order valence-corrected chi connectivity index (χ0v) is 13.5. The lowest BCUT2D eigenvalue weighted by Crippen LogP contribution is -2.28. The largest absolute Gasteiger partial charge is 0.467 e. The summed E-state index contributed by atoms with van der Waals surface area (Å²) < 4.78 is 31.8. The molecular weight excluding hydrogens is 302 g/mol. The molecule has 0 saturated carbocycles. The number of sulfonamides is 1. The number of nitrogens with one attached hydrogen (secondary N) is 1. The van der Waals surface area contributed by atoms with Gasteiger partial charge in [-0.05, 0) is 42.2 Å². The fraction of sp³-hybridized carbons (Fsp3) is 0.375. The van der Waals surface area contributed by atoms with Gasteiger partial charge >= 0.3 is 0 Å². The van der Waals surface area contributed by atoms with Crippen molar-refractivity contribution in [3.8, 4) is 0 Å². The van der Waals surface area contributed by atoms with Crippen molar-refractivity contribution in [1.29, 1.82) is 0 Å². The van der Waals surface area contributed by atoms with Gasteiger partial charge in [-0.2, -0.15) is 0 Å². The average molecular weight is 323 g/mol. The van der Waals surface area contributed by atoms with Crippen molar-refractivity contribution in [3.63, 3.8) is 0 Å². The molecule has 120 valence electrons. The number of aliphatic hydroxyl groups excluding tert-OH is 1. The molecule has 0 aliphatic carbocycles. The normalized spacial score (nSPS) is 14.7. The van der Waals surface area contributed by atoms with E-state index in [2.05, 4.69) is 18.6 Å². The van der Waals surface area contributed by atoms with E-state index in [-0.39, 0.29) is 11.4 Å². The lowest BCUT2D eigenvalue weighted by Gasteiger charge is -2.12. The van der Waals surface area contributed by atoms with Crippen molar-refractivity contribution >= 4 is 10.0 Å². The van der Waals surface area contributed by atoms with E-state index in [9.17, 15) is 13.5 Å². The highest BCUT2D eigenvalue weighted by Gasteiger charge is 2.18. The first-order valence-corrected chi connectivity index (χ1v) is 8.73. The monoisotopic (exact) mass is 323 g/mol. The van der Waals surface area contributed by atoms with Crippen LogP contribution in [0.2, 0.25) is 0 Å². The SMILES string of the molecule is CCC(C)c1ccc(S(=O)(=O)NCC(O)c2ccco2)cc1. The number of rotatable bonds is 7. The molecule has 2 N–H and O–H groups in total. The Morgan fingerprint density at radius 1 is 1.23 bits per heavy atom. The van der Waals surface area contributed by atoms with E-state index in [0.717, 1.165) is 12.0 Å². The Kier molecular flexibility index (Phi) is 5.39. The summed E-state index contributed by atoms with van der Waals surface area (Å²) in [4.78, 5) is 0.186. The standard InChI is InChI=1S/C16H21NO4S/c1-3-12(2)13-6-8-14(9-7-13)22(19,20)17-11-15(18)16-5-4-10-21-16/h4-10,12,15,17-18H,3,11H2,1-2H3. The molecule has 0 saturated heterocycles. The fourth-order valence-corrected chi connectivity index (χ4v) is 3.10. The lowest BCUT2D eigenvalue weighted by atomic mass is 9.99. The summed E-state index contributed by atoms with van der Waals surface area (Å²) in [7, 11) is -3.65. The molecule has 0 radical (unpaired) electrons. The molecule has 0 fully saturated rings. The van der Waals surface area contributed by atoms with Crippen LogP contribution in [0.4, 0.5) is 0 Å². The molecule has 5 nitrogen and oxygen atoms in total. The Labute approximate surface area is 131 Å². The van der Waals surface area contributed by atoms with Gasteiger partial charge in [0, 0.05) is 6.54 Å². The van der Waals surface area contributed by atoms with Gasteiger partial charge in [-0.3, -0.25) is 0 Å². The summed E-state index contributed by atoms with van der Waals surface area (Å²) >= 11 is 0. The van der Waals surface area contributed by atoms with Gasteiger partial charge in [0.25, 0.3) is 0 Å². The molecule has 0 bridgehead atoms. The zero-order chi connectivity index (χ0) is 16.2. The Morgan fingerprint density at radius 2 is 1.91 bits per heavy atom. The van der Waals surface area contributed by atoms with E-state index in [0.29, 0.717) is 11.7 Å². The molecule has 1 aromatic heterocycles. The van der Waals surface area contributed by atoms with Gasteiger partial charge < -0.3 is 9.52 Å². The number of benzene rings is 1. The number of hydrogen-bond donors (Lipinski definition) is 2. The minimum atomic E-state index is -3.65. The number of hydrogen-bond acceptors (Lipinski definition) is 4. The third-order valence-electron chi connectivity index (χ3n) is 3.71. The highest BCUT2D eigenvalue weighted by Crippen LogP contribution is 2.20.